The predicted octanol–water partition coefficient (Wildman–Crippen LogP) is 2.90. The van der Waals surface area contributed by atoms with Crippen molar-refractivity contribution in [3.05, 3.63) is 30.3 Å². The zero-order valence-electron chi connectivity index (χ0n) is 16.1. The molecule has 0 saturated carbocycles. The molecule has 8 heteroatoms. The molecule has 2 unspecified atom stereocenters. The topological polar surface area (TPSA) is 90.9 Å². The largest absolute Gasteiger partial charge is 0.444 e. The normalized spacial score (nSPS) is 19.3. The Balaban J connectivity index is 2.04. The van der Waals surface area contributed by atoms with Crippen LogP contribution >= 0.6 is 0 Å². The van der Waals surface area contributed by atoms with E-state index in [1.165, 1.54) is 12.1 Å². The first-order valence-electron chi connectivity index (χ1n) is 9.16. The minimum absolute atomic E-state index is 0.0238. The molecule has 0 spiro atoms. The van der Waals surface area contributed by atoms with Crippen molar-refractivity contribution >= 4 is 15.9 Å². The van der Waals surface area contributed by atoms with Crippen molar-refractivity contribution in [2.75, 3.05) is 19.0 Å². The molecule has 2 atom stereocenters. The number of benzene rings is 1. The van der Waals surface area contributed by atoms with Crippen molar-refractivity contribution in [2.24, 2.45) is 0 Å². The van der Waals surface area contributed by atoms with Crippen molar-refractivity contribution in [2.45, 2.75) is 62.9 Å². The maximum Gasteiger partial charge on any atom is 0.407 e. The molecule has 1 aromatic rings. The Kier molecular flexibility index (Phi) is 7.64. The number of nitrogens with one attached hydrogen (secondary N) is 1. The van der Waals surface area contributed by atoms with Gasteiger partial charge in [0.25, 0.3) is 0 Å². The smallest absolute Gasteiger partial charge is 0.407 e. The molecule has 0 aromatic heterocycles. The summed E-state index contributed by atoms with van der Waals surface area (Å²) in [4.78, 5) is 12.3. The SMILES string of the molecule is CC(C)(C)OC(=O)NC(COC1CCCCO1)CS(=O)(=O)c1ccccc1. The van der Waals surface area contributed by atoms with Gasteiger partial charge in [-0.25, -0.2) is 13.2 Å². The van der Waals surface area contributed by atoms with Crippen LogP contribution in [0.4, 0.5) is 4.79 Å². The summed E-state index contributed by atoms with van der Waals surface area (Å²) in [6.07, 6.45) is 1.69. The molecule has 1 amide bonds. The zero-order chi connectivity index (χ0) is 19.9. The molecule has 1 N–H and O–H groups in total. The van der Waals surface area contributed by atoms with Gasteiger partial charge in [-0.1, -0.05) is 18.2 Å². The number of sulfone groups is 1. The van der Waals surface area contributed by atoms with E-state index >= 15 is 0 Å². The number of carbonyl (C=O) groups is 1. The summed E-state index contributed by atoms with van der Waals surface area (Å²) >= 11 is 0. The molecule has 1 saturated heterocycles. The molecule has 1 fully saturated rings. The van der Waals surface area contributed by atoms with Crippen molar-refractivity contribution in [1.29, 1.82) is 0 Å². The molecule has 0 aliphatic carbocycles. The monoisotopic (exact) mass is 399 g/mol. The van der Waals surface area contributed by atoms with Crippen molar-refractivity contribution < 1.29 is 27.4 Å². The fourth-order valence-electron chi connectivity index (χ4n) is 2.66. The number of rotatable bonds is 7. The Labute approximate surface area is 161 Å². The van der Waals surface area contributed by atoms with Crippen molar-refractivity contribution in [1.82, 2.24) is 5.32 Å². The van der Waals surface area contributed by atoms with Gasteiger partial charge in [-0.05, 0) is 52.2 Å². The van der Waals surface area contributed by atoms with Crippen molar-refractivity contribution in [3.63, 3.8) is 0 Å². The van der Waals surface area contributed by atoms with Gasteiger partial charge in [0, 0.05) is 6.61 Å². The number of hydrogen-bond acceptors (Lipinski definition) is 6. The van der Waals surface area contributed by atoms with Gasteiger partial charge < -0.3 is 19.5 Å². The first kappa shape index (κ1) is 21.7. The van der Waals surface area contributed by atoms with Crippen LogP contribution in [-0.4, -0.2) is 51.4 Å². The molecular formula is C19H29NO6S. The van der Waals surface area contributed by atoms with Crippen LogP contribution in [0.25, 0.3) is 0 Å². The fraction of sp³-hybridized carbons (Fsp3) is 0.632. The van der Waals surface area contributed by atoms with E-state index in [4.69, 9.17) is 14.2 Å². The van der Waals surface area contributed by atoms with E-state index in [-0.39, 0.29) is 23.5 Å². The second-order valence-corrected chi connectivity index (χ2v) is 9.60. The minimum atomic E-state index is -3.59. The summed E-state index contributed by atoms with van der Waals surface area (Å²) in [5.74, 6) is -0.289. The molecule has 2 rings (SSSR count). The van der Waals surface area contributed by atoms with E-state index in [1.807, 2.05) is 0 Å². The predicted molar refractivity (Wildman–Crippen MR) is 101 cm³/mol. The van der Waals surface area contributed by atoms with E-state index in [0.29, 0.717) is 6.61 Å². The molecule has 7 nitrogen and oxygen atoms in total. The van der Waals surface area contributed by atoms with E-state index in [2.05, 4.69) is 5.32 Å². The van der Waals surface area contributed by atoms with Crippen molar-refractivity contribution in [3.8, 4) is 0 Å². The molecule has 1 aromatic carbocycles. The van der Waals surface area contributed by atoms with Crippen LogP contribution in [0, 0.1) is 0 Å². The van der Waals surface area contributed by atoms with Crippen LogP contribution in [0.1, 0.15) is 40.0 Å². The second kappa shape index (κ2) is 9.52. The van der Waals surface area contributed by atoms with Crippen LogP contribution in [0.5, 0.6) is 0 Å². The quantitative estimate of drug-likeness (QED) is 0.758. The maximum absolute atomic E-state index is 12.7. The average Bonchev–Trinajstić information content (AvgIpc) is 2.59. The van der Waals surface area contributed by atoms with Gasteiger partial charge in [-0.15, -0.1) is 0 Å². The maximum atomic E-state index is 12.7. The first-order valence-corrected chi connectivity index (χ1v) is 10.8. The van der Waals surface area contributed by atoms with Gasteiger partial charge in [0.2, 0.25) is 0 Å². The van der Waals surface area contributed by atoms with Gasteiger partial charge in [-0.2, -0.15) is 0 Å². The molecule has 0 radical (unpaired) electrons. The Morgan fingerprint density at radius 3 is 2.56 bits per heavy atom. The molecule has 152 valence electrons. The van der Waals surface area contributed by atoms with E-state index in [0.717, 1.165) is 19.3 Å². The summed E-state index contributed by atoms with van der Waals surface area (Å²) in [5, 5.41) is 2.62. The standard InChI is InChI=1S/C19H29NO6S/c1-19(2,3)26-18(21)20-15(13-25-17-11-7-8-12-24-17)14-27(22,23)16-9-5-4-6-10-16/h4-6,9-10,15,17H,7-8,11-14H2,1-3H3,(H,20,21). The molecule has 1 heterocycles. The third-order valence-corrected chi connectivity index (χ3v) is 5.70. The summed E-state index contributed by atoms with van der Waals surface area (Å²) < 4.78 is 41.8. The summed E-state index contributed by atoms with van der Waals surface area (Å²) in [6, 6.07) is 7.38. The average molecular weight is 400 g/mol. The van der Waals surface area contributed by atoms with Gasteiger partial charge in [0.1, 0.15) is 5.60 Å². The van der Waals surface area contributed by atoms with Crippen LogP contribution in [-0.2, 0) is 24.0 Å². The van der Waals surface area contributed by atoms with Crippen LogP contribution in [0.3, 0.4) is 0 Å². The van der Waals surface area contributed by atoms with Crippen LogP contribution < -0.4 is 5.32 Å². The van der Waals surface area contributed by atoms with Gasteiger partial charge in [0.05, 0.1) is 23.3 Å². The summed E-state index contributed by atoms with van der Waals surface area (Å²) in [5.41, 5.74) is -0.680. The Hall–Kier alpha value is -1.64. The highest BCUT2D eigenvalue weighted by molar-refractivity contribution is 7.91. The first-order chi connectivity index (χ1) is 12.7. The third kappa shape index (κ3) is 7.86. The number of amides is 1. The second-order valence-electron chi connectivity index (χ2n) is 7.57. The Morgan fingerprint density at radius 2 is 1.96 bits per heavy atom. The lowest BCUT2D eigenvalue weighted by atomic mass is 10.2. The van der Waals surface area contributed by atoms with Gasteiger partial charge in [0.15, 0.2) is 16.1 Å². The van der Waals surface area contributed by atoms with Gasteiger partial charge in [-0.3, -0.25) is 0 Å². The number of carbonyl (C=O) groups excluding carboxylic acids is 1. The summed E-state index contributed by atoms with van der Waals surface area (Å²) in [7, 11) is -3.59. The molecule has 1 aliphatic heterocycles. The minimum Gasteiger partial charge on any atom is -0.444 e. The van der Waals surface area contributed by atoms with E-state index < -0.39 is 27.6 Å². The number of hydrogen-bond donors (Lipinski definition) is 1. The highest BCUT2D eigenvalue weighted by Crippen LogP contribution is 2.16. The lowest BCUT2D eigenvalue weighted by molar-refractivity contribution is -0.164. The lowest BCUT2D eigenvalue weighted by Gasteiger charge is -2.27. The van der Waals surface area contributed by atoms with E-state index in [9.17, 15) is 13.2 Å². The van der Waals surface area contributed by atoms with Crippen LogP contribution in [0.15, 0.2) is 35.2 Å². The Morgan fingerprint density at radius 1 is 1.26 bits per heavy atom. The highest BCUT2D eigenvalue weighted by Gasteiger charge is 2.27. The molecule has 27 heavy (non-hydrogen) atoms. The lowest BCUT2D eigenvalue weighted by Crippen LogP contribution is -2.46. The molecule has 0 bridgehead atoms. The highest BCUT2D eigenvalue weighted by atomic mass is 32.2. The third-order valence-electron chi connectivity index (χ3n) is 3.86. The Bertz CT molecular complexity index is 693. The van der Waals surface area contributed by atoms with E-state index in [1.54, 1.807) is 39.0 Å². The zero-order valence-corrected chi connectivity index (χ0v) is 17.0. The van der Waals surface area contributed by atoms with Crippen LogP contribution in [0.2, 0.25) is 0 Å². The fourth-order valence-corrected chi connectivity index (χ4v) is 4.13. The molecule has 1 aliphatic rings. The van der Waals surface area contributed by atoms with Gasteiger partial charge >= 0.3 is 6.09 Å². The molecular weight excluding hydrogens is 370 g/mol. The summed E-state index contributed by atoms with van der Waals surface area (Å²) in [6.45, 7) is 5.88. The number of alkyl carbamates (subject to hydrolysis) is 1. The number of ether oxygens (including phenoxy) is 3.